The Morgan fingerprint density at radius 3 is 2.82 bits per heavy atom. The Balaban J connectivity index is 1.43. The van der Waals surface area contributed by atoms with Gasteiger partial charge in [0.1, 0.15) is 0 Å². The number of rotatable bonds is 8. The van der Waals surface area contributed by atoms with Crippen molar-refractivity contribution in [2.24, 2.45) is 5.92 Å². The first kappa shape index (κ1) is 12.3. The molecule has 0 heterocycles. The van der Waals surface area contributed by atoms with Crippen molar-refractivity contribution in [1.82, 2.24) is 5.32 Å². The lowest BCUT2D eigenvalue weighted by atomic mass is 10.2. The predicted octanol–water partition coefficient (Wildman–Crippen LogP) is 2.76. The van der Waals surface area contributed by atoms with Gasteiger partial charge < -0.3 is 10.1 Å². The fraction of sp³-hybridized carbons (Fsp3) is 0.467. The lowest BCUT2D eigenvalue weighted by Gasteiger charge is -2.04. The minimum atomic E-state index is 0.709. The van der Waals surface area contributed by atoms with Gasteiger partial charge in [-0.25, -0.2) is 0 Å². The third-order valence-corrected chi connectivity index (χ3v) is 2.83. The van der Waals surface area contributed by atoms with Gasteiger partial charge in [0, 0.05) is 13.1 Å². The molecule has 2 heteroatoms. The van der Waals surface area contributed by atoms with Crippen LogP contribution in [0.15, 0.2) is 42.5 Å². The topological polar surface area (TPSA) is 21.3 Å². The van der Waals surface area contributed by atoms with Crippen LogP contribution in [0.5, 0.6) is 0 Å². The lowest BCUT2D eigenvalue weighted by Crippen LogP contribution is -2.19. The fourth-order valence-corrected chi connectivity index (χ4v) is 1.64. The van der Waals surface area contributed by atoms with Crippen LogP contribution < -0.4 is 5.32 Å². The van der Waals surface area contributed by atoms with Gasteiger partial charge in [-0.2, -0.15) is 0 Å². The zero-order valence-corrected chi connectivity index (χ0v) is 10.3. The third-order valence-electron chi connectivity index (χ3n) is 2.83. The quantitative estimate of drug-likeness (QED) is 0.548. The van der Waals surface area contributed by atoms with Crippen molar-refractivity contribution < 1.29 is 4.74 Å². The number of nitrogens with one attached hydrogen (secondary N) is 1. The maximum Gasteiger partial charge on any atom is 0.0717 e. The molecule has 1 fully saturated rings. The highest BCUT2D eigenvalue weighted by atomic mass is 16.5. The minimum Gasteiger partial charge on any atom is -0.375 e. The van der Waals surface area contributed by atoms with E-state index in [4.69, 9.17) is 4.74 Å². The summed E-state index contributed by atoms with van der Waals surface area (Å²) in [4.78, 5) is 0. The second kappa shape index (κ2) is 7.25. The van der Waals surface area contributed by atoms with Crippen LogP contribution in [-0.4, -0.2) is 19.7 Å². The smallest absolute Gasteiger partial charge is 0.0717 e. The molecule has 17 heavy (non-hydrogen) atoms. The number of allylic oxidation sites excluding steroid dienone is 1. The summed E-state index contributed by atoms with van der Waals surface area (Å²) < 4.78 is 5.57. The van der Waals surface area contributed by atoms with Crippen molar-refractivity contribution >= 4 is 0 Å². The van der Waals surface area contributed by atoms with Crippen LogP contribution in [0.1, 0.15) is 18.4 Å². The first-order valence-electron chi connectivity index (χ1n) is 6.44. The molecule has 1 aromatic rings. The summed E-state index contributed by atoms with van der Waals surface area (Å²) in [6, 6.07) is 10.3. The van der Waals surface area contributed by atoms with E-state index in [1.165, 1.54) is 18.4 Å². The zero-order chi connectivity index (χ0) is 11.8. The molecule has 0 amide bonds. The molecule has 0 unspecified atom stereocenters. The van der Waals surface area contributed by atoms with E-state index in [2.05, 4.69) is 29.6 Å². The van der Waals surface area contributed by atoms with E-state index in [0.717, 1.165) is 25.6 Å². The summed E-state index contributed by atoms with van der Waals surface area (Å²) in [5, 5.41) is 3.34. The van der Waals surface area contributed by atoms with Crippen LogP contribution in [0.3, 0.4) is 0 Å². The van der Waals surface area contributed by atoms with Crippen molar-refractivity contribution in [3.05, 3.63) is 48.0 Å². The van der Waals surface area contributed by atoms with E-state index < -0.39 is 0 Å². The molecule has 2 rings (SSSR count). The summed E-state index contributed by atoms with van der Waals surface area (Å²) in [7, 11) is 0. The molecule has 0 atom stereocenters. The zero-order valence-electron chi connectivity index (χ0n) is 10.3. The van der Waals surface area contributed by atoms with Crippen LogP contribution in [0.2, 0.25) is 0 Å². The molecule has 2 nitrogen and oxygen atoms in total. The molecular formula is C15H21NO. The second-order valence-electron chi connectivity index (χ2n) is 4.51. The largest absolute Gasteiger partial charge is 0.375 e. The molecular weight excluding hydrogens is 210 g/mol. The number of benzene rings is 1. The maximum absolute atomic E-state index is 5.57. The van der Waals surface area contributed by atoms with E-state index >= 15 is 0 Å². The number of ether oxygens (including phenoxy) is 1. The van der Waals surface area contributed by atoms with Crippen LogP contribution in [0, 0.1) is 5.92 Å². The second-order valence-corrected chi connectivity index (χ2v) is 4.51. The molecule has 92 valence electrons. The minimum absolute atomic E-state index is 0.709. The lowest BCUT2D eigenvalue weighted by molar-refractivity contribution is 0.123. The molecule has 0 aliphatic heterocycles. The van der Waals surface area contributed by atoms with Crippen molar-refractivity contribution in [1.29, 1.82) is 0 Å². The van der Waals surface area contributed by atoms with E-state index in [0.29, 0.717) is 6.61 Å². The average Bonchev–Trinajstić information content (AvgIpc) is 3.18. The first-order valence-corrected chi connectivity index (χ1v) is 6.44. The highest BCUT2D eigenvalue weighted by Crippen LogP contribution is 2.29. The normalized spacial score (nSPS) is 15.5. The monoisotopic (exact) mass is 231 g/mol. The van der Waals surface area contributed by atoms with Gasteiger partial charge in [0.25, 0.3) is 0 Å². The van der Waals surface area contributed by atoms with Crippen molar-refractivity contribution in [3.8, 4) is 0 Å². The highest BCUT2D eigenvalue weighted by molar-refractivity contribution is 5.13. The summed E-state index contributed by atoms with van der Waals surface area (Å²) in [6.07, 6.45) is 7.32. The fourth-order valence-electron chi connectivity index (χ4n) is 1.64. The van der Waals surface area contributed by atoms with E-state index in [-0.39, 0.29) is 0 Å². The number of hydrogen-bond donors (Lipinski definition) is 1. The molecule has 0 aromatic heterocycles. The van der Waals surface area contributed by atoms with Gasteiger partial charge in [-0.1, -0.05) is 42.5 Å². The van der Waals surface area contributed by atoms with E-state index in [9.17, 15) is 0 Å². The van der Waals surface area contributed by atoms with Gasteiger partial charge in [0.05, 0.1) is 13.2 Å². The standard InChI is InChI=1S/C15H21NO/c1-2-5-15(6-3-1)13-17-12-11-16-10-4-7-14-8-9-14/h1-7,14,16H,8-13H2/b7-4+. The van der Waals surface area contributed by atoms with E-state index in [1.807, 2.05) is 18.2 Å². The molecule has 1 aliphatic carbocycles. The molecule has 0 saturated heterocycles. The van der Waals surface area contributed by atoms with Crippen LogP contribution in [-0.2, 0) is 11.3 Å². The SMILES string of the molecule is C(=C\C1CC1)/CNCCOCc1ccccc1. The Kier molecular flexibility index (Phi) is 5.27. The predicted molar refractivity (Wildman–Crippen MR) is 70.8 cm³/mol. The number of hydrogen-bond acceptors (Lipinski definition) is 2. The van der Waals surface area contributed by atoms with Crippen LogP contribution >= 0.6 is 0 Å². The van der Waals surface area contributed by atoms with Crippen LogP contribution in [0.25, 0.3) is 0 Å². The van der Waals surface area contributed by atoms with Gasteiger partial charge in [-0.3, -0.25) is 0 Å². The summed E-state index contributed by atoms with van der Waals surface area (Å²) in [5.41, 5.74) is 1.24. The van der Waals surface area contributed by atoms with Crippen molar-refractivity contribution in [2.75, 3.05) is 19.7 Å². The van der Waals surface area contributed by atoms with Crippen molar-refractivity contribution in [2.45, 2.75) is 19.4 Å². The Hall–Kier alpha value is -1.12. The van der Waals surface area contributed by atoms with Gasteiger partial charge >= 0.3 is 0 Å². The summed E-state index contributed by atoms with van der Waals surface area (Å²) in [6.45, 7) is 3.36. The molecule has 0 bridgehead atoms. The molecule has 1 aromatic carbocycles. The first-order chi connectivity index (χ1) is 8.45. The molecule has 1 aliphatic rings. The third kappa shape index (κ3) is 5.66. The molecule has 0 spiro atoms. The Bertz CT molecular complexity index is 330. The van der Waals surface area contributed by atoms with Crippen molar-refractivity contribution in [3.63, 3.8) is 0 Å². The van der Waals surface area contributed by atoms with Gasteiger partial charge in [0.2, 0.25) is 0 Å². The Morgan fingerprint density at radius 1 is 1.24 bits per heavy atom. The molecule has 1 N–H and O–H groups in total. The average molecular weight is 231 g/mol. The van der Waals surface area contributed by atoms with Crippen LogP contribution in [0.4, 0.5) is 0 Å². The van der Waals surface area contributed by atoms with Gasteiger partial charge in [0.15, 0.2) is 0 Å². The van der Waals surface area contributed by atoms with Gasteiger partial charge in [-0.15, -0.1) is 0 Å². The maximum atomic E-state index is 5.57. The Morgan fingerprint density at radius 2 is 2.06 bits per heavy atom. The highest BCUT2D eigenvalue weighted by Gasteiger charge is 2.16. The Labute approximate surface area is 104 Å². The summed E-state index contributed by atoms with van der Waals surface area (Å²) in [5.74, 6) is 0.881. The van der Waals surface area contributed by atoms with E-state index in [1.54, 1.807) is 0 Å². The van der Waals surface area contributed by atoms with Gasteiger partial charge in [-0.05, 0) is 24.3 Å². The molecule has 1 saturated carbocycles. The summed E-state index contributed by atoms with van der Waals surface area (Å²) >= 11 is 0. The molecule has 0 radical (unpaired) electrons.